The SMILES string of the molecule is O=S(=O)(c1cc(CO)c(Cl)cc1Cl)N1CCCCCCC1. The average molecular weight is 352 g/mol. The number of hydrogen-bond acceptors (Lipinski definition) is 3. The molecule has 2 rings (SSSR count). The Labute approximate surface area is 135 Å². The van der Waals surface area contributed by atoms with Gasteiger partial charge in [0, 0.05) is 18.1 Å². The Balaban J connectivity index is 2.38. The van der Waals surface area contributed by atoms with Crippen LogP contribution in [0.4, 0.5) is 0 Å². The molecule has 4 nitrogen and oxygen atoms in total. The third-order valence-corrected chi connectivity index (χ3v) is 6.42. The van der Waals surface area contributed by atoms with E-state index in [-0.39, 0.29) is 21.5 Å². The van der Waals surface area contributed by atoms with Crippen LogP contribution in [-0.4, -0.2) is 30.9 Å². The minimum absolute atomic E-state index is 0.0261. The van der Waals surface area contributed by atoms with Gasteiger partial charge in [-0.3, -0.25) is 0 Å². The first-order valence-electron chi connectivity index (χ1n) is 7.05. The van der Waals surface area contributed by atoms with Crippen LogP contribution in [0.1, 0.15) is 37.7 Å². The monoisotopic (exact) mass is 351 g/mol. The lowest BCUT2D eigenvalue weighted by Gasteiger charge is -2.25. The molecule has 21 heavy (non-hydrogen) atoms. The molecular formula is C14H19Cl2NO3S. The zero-order valence-electron chi connectivity index (χ0n) is 11.7. The second-order valence-electron chi connectivity index (χ2n) is 5.20. The number of aliphatic hydroxyl groups excluding tert-OH is 1. The van der Waals surface area contributed by atoms with E-state index < -0.39 is 10.0 Å². The lowest BCUT2D eigenvalue weighted by Crippen LogP contribution is -2.34. The Bertz CT molecular complexity index is 596. The third-order valence-electron chi connectivity index (χ3n) is 3.70. The Hall–Kier alpha value is -0.330. The number of hydrogen-bond donors (Lipinski definition) is 1. The van der Waals surface area contributed by atoms with Gasteiger partial charge in [-0.15, -0.1) is 0 Å². The largest absolute Gasteiger partial charge is 0.392 e. The van der Waals surface area contributed by atoms with Crippen LogP contribution in [0.3, 0.4) is 0 Å². The van der Waals surface area contributed by atoms with Crippen LogP contribution in [0.25, 0.3) is 0 Å². The fourth-order valence-corrected chi connectivity index (χ4v) is 4.84. The number of rotatable bonds is 3. The maximum Gasteiger partial charge on any atom is 0.244 e. The van der Waals surface area contributed by atoms with Crippen molar-refractivity contribution in [3.63, 3.8) is 0 Å². The van der Waals surface area contributed by atoms with Crippen molar-refractivity contribution in [1.82, 2.24) is 4.31 Å². The maximum absolute atomic E-state index is 12.8. The number of benzene rings is 1. The fourth-order valence-electron chi connectivity index (χ4n) is 2.49. The van der Waals surface area contributed by atoms with E-state index in [1.54, 1.807) is 0 Å². The molecule has 1 N–H and O–H groups in total. The summed E-state index contributed by atoms with van der Waals surface area (Å²) < 4.78 is 27.0. The highest BCUT2D eigenvalue weighted by atomic mass is 35.5. The molecule has 1 fully saturated rings. The lowest BCUT2D eigenvalue weighted by atomic mass is 10.1. The van der Waals surface area contributed by atoms with E-state index >= 15 is 0 Å². The molecule has 0 aliphatic carbocycles. The first-order chi connectivity index (χ1) is 9.96. The minimum atomic E-state index is -3.65. The normalized spacial score (nSPS) is 18.2. The molecule has 1 aromatic rings. The summed E-state index contributed by atoms with van der Waals surface area (Å²) in [5.74, 6) is 0. The highest BCUT2D eigenvalue weighted by Gasteiger charge is 2.27. The molecule has 7 heteroatoms. The van der Waals surface area contributed by atoms with Crippen molar-refractivity contribution in [2.75, 3.05) is 13.1 Å². The van der Waals surface area contributed by atoms with Crippen LogP contribution in [0, 0.1) is 0 Å². The van der Waals surface area contributed by atoms with Gasteiger partial charge in [-0.1, -0.05) is 42.5 Å². The molecule has 1 saturated heterocycles. The van der Waals surface area contributed by atoms with Crippen molar-refractivity contribution in [2.45, 2.75) is 43.6 Å². The van der Waals surface area contributed by atoms with Gasteiger partial charge in [0.1, 0.15) is 4.90 Å². The zero-order valence-corrected chi connectivity index (χ0v) is 14.0. The third kappa shape index (κ3) is 3.90. The summed E-state index contributed by atoms with van der Waals surface area (Å²) >= 11 is 12.0. The Morgan fingerprint density at radius 1 is 1.00 bits per heavy atom. The Morgan fingerprint density at radius 2 is 1.57 bits per heavy atom. The molecule has 0 bridgehead atoms. The van der Waals surface area contributed by atoms with Gasteiger partial charge >= 0.3 is 0 Å². The second-order valence-corrected chi connectivity index (χ2v) is 7.92. The van der Waals surface area contributed by atoms with Crippen LogP contribution in [0.2, 0.25) is 10.0 Å². The van der Waals surface area contributed by atoms with Crippen LogP contribution in [0.5, 0.6) is 0 Å². The summed E-state index contributed by atoms with van der Waals surface area (Å²) in [4.78, 5) is 0.0261. The second kappa shape index (κ2) is 7.29. The smallest absolute Gasteiger partial charge is 0.244 e. The highest BCUT2D eigenvalue weighted by molar-refractivity contribution is 7.89. The molecule has 1 heterocycles. The highest BCUT2D eigenvalue weighted by Crippen LogP contribution is 2.31. The molecule has 0 amide bonds. The van der Waals surface area contributed by atoms with E-state index in [0.717, 1.165) is 32.1 Å². The molecule has 118 valence electrons. The number of aliphatic hydroxyl groups is 1. The van der Waals surface area contributed by atoms with E-state index in [9.17, 15) is 13.5 Å². The van der Waals surface area contributed by atoms with Crippen molar-refractivity contribution in [2.24, 2.45) is 0 Å². The summed E-state index contributed by atoms with van der Waals surface area (Å²) in [6, 6.07) is 2.75. The van der Waals surface area contributed by atoms with E-state index in [1.165, 1.54) is 16.4 Å². The molecule has 1 aliphatic heterocycles. The molecule has 0 spiro atoms. The summed E-state index contributed by atoms with van der Waals surface area (Å²) in [5, 5.41) is 9.62. The summed E-state index contributed by atoms with van der Waals surface area (Å²) in [5.41, 5.74) is 0.367. The quantitative estimate of drug-likeness (QED) is 0.907. The number of nitrogens with zero attached hydrogens (tertiary/aromatic N) is 1. The van der Waals surface area contributed by atoms with Crippen LogP contribution >= 0.6 is 23.2 Å². The van der Waals surface area contributed by atoms with Crippen LogP contribution in [0.15, 0.2) is 17.0 Å². The van der Waals surface area contributed by atoms with Crippen molar-refractivity contribution >= 4 is 33.2 Å². The molecule has 0 aromatic heterocycles. The van der Waals surface area contributed by atoms with E-state index in [0.29, 0.717) is 18.7 Å². The summed E-state index contributed by atoms with van der Waals surface area (Å²) in [6.45, 7) is 0.698. The number of halogens is 2. The molecule has 0 radical (unpaired) electrons. The minimum Gasteiger partial charge on any atom is -0.392 e. The zero-order chi connectivity index (χ0) is 15.5. The fraction of sp³-hybridized carbons (Fsp3) is 0.571. The standard InChI is InChI=1S/C14H19Cl2NO3S/c15-12-9-13(16)14(8-11(12)10-18)21(19,20)17-6-4-2-1-3-5-7-17/h8-9,18H,1-7,10H2. The van der Waals surface area contributed by atoms with Crippen molar-refractivity contribution < 1.29 is 13.5 Å². The van der Waals surface area contributed by atoms with Crippen molar-refractivity contribution in [1.29, 1.82) is 0 Å². The average Bonchev–Trinajstić information content (AvgIpc) is 2.37. The van der Waals surface area contributed by atoms with Crippen molar-refractivity contribution in [3.8, 4) is 0 Å². The van der Waals surface area contributed by atoms with Crippen LogP contribution in [-0.2, 0) is 16.6 Å². The summed E-state index contributed by atoms with van der Waals surface area (Å²) in [6.07, 6.45) is 4.96. The molecule has 1 aliphatic rings. The van der Waals surface area contributed by atoms with Gasteiger partial charge in [-0.2, -0.15) is 4.31 Å². The number of sulfonamides is 1. The Kier molecular flexibility index (Phi) is 5.91. The van der Waals surface area contributed by atoms with Gasteiger partial charge < -0.3 is 5.11 Å². The molecule has 1 aromatic carbocycles. The van der Waals surface area contributed by atoms with Gasteiger partial charge in [0.25, 0.3) is 0 Å². The maximum atomic E-state index is 12.8. The van der Waals surface area contributed by atoms with Gasteiger partial charge in [0.05, 0.1) is 11.6 Å². The van der Waals surface area contributed by atoms with E-state index in [4.69, 9.17) is 23.2 Å². The van der Waals surface area contributed by atoms with E-state index in [1.807, 2.05) is 0 Å². The summed E-state index contributed by atoms with van der Waals surface area (Å²) in [7, 11) is -3.65. The first kappa shape index (κ1) is 17.0. The molecule has 0 atom stereocenters. The lowest BCUT2D eigenvalue weighted by molar-refractivity contribution is 0.281. The topological polar surface area (TPSA) is 57.6 Å². The van der Waals surface area contributed by atoms with Gasteiger partial charge in [0.2, 0.25) is 10.0 Å². The van der Waals surface area contributed by atoms with Gasteiger partial charge in [0.15, 0.2) is 0 Å². The molecule has 0 unspecified atom stereocenters. The Morgan fingerprint density at radius 3 is 2.14 bits per heavy atom. The van der Waals surface area contributed by atoms with Gasteiger partial charge in [-0.05, 0) is 30.5 Å². The molecular weight excluding hydrogens is 333 g/mol. The van der Waals surface area contributed by atoms with Crippen molar-refractivity contribution in [3.05, 3.63) is 27.7 Å². The predicted molar refractivity (Wildman–Crippen MR) is 84.2 cm³/mol. The van der Waals surface area contributed by atoms with Crippen LogP contribution < -0.4 is 0 Å². The predicted octanol–water partition coefficient (Wildman–Crippen LogP) is 3.44. The molecule has 0 saturated carbocycles. The van der Waals surface area contributed by atoms with Gasteiger partial charge in [-0.25, -0.2) is 8.42 Å². The van der Waals surface area contributed by atoms with E-state index in [2.05, 4.69) is 0 Å². The first-order valence-corrected chi connectivity index (χ1v) is 9.25.